The van der Waals surface area contributed by atoms with Crippen LogP contribution in [0.1, 0.15) is 26.7 Å². The average Bonchev–Trinajstić information content (AvgIpc) is 2.05. The highest BCUT2D eigenvalue weighted by Crippen LogP contribution is 2.25. The number of rotatable bonds is 2. The first-order valence-electron chi connectivity index (χ1n) is 4.68. The first kappa shape index (κ1) is 9.96. The summed E-state index contributed by atoms with van der Waals surface area (Å²) < 4.78 is 5.60. The summed E-state index contributed by atoms with van der Waals surface area (Å²) in [5, 5.41) is 0. The summed E-state index contributed by atoms with van der Waals surface area (Å²) in [6.07, 6.45) is 2.10. The van der Waals surface area contributed by atoms with Gasteiger partial charge in [0.25, 0.3) is 0 Å². The van der Waals surface area contributed by atoms with Crippen molar-refractivity contribution in [3.8, 4) is 0 Å². The van der Waals surface area contributed by atoms with E-state index in [1.165, 1.54) is 0 Å². The van der Waals surface area contributed by atoms with Crippen molar-refractivity contribution in [2.75, 3.05) is 13.2 Å². The lowest BCUT2D eigenvalue weighted by atomic mass is 9.84. The van der Waals surface area contributed by atoms with Crippen LogP contribution in [0.3, 0.4) is 0 Å². The Hall–Kier alpha value is -0.120. The van der Waals surface area contributed by atoms with Gasteiger partial charge in [0.15, 0.2) is 0 Å². The van der Waals surface area contributed by atoms with Gasteiger partial charge in [-0.2, -0.15) is 0 Å². The Balaban J connectivity index is 2.51. The standard InChI is InChI=1S/C9H20N2O/c1-7(2)8-5-9(11,6-10)3-4-12-8/h7-8H,3-6,10-11H2,1-2H3. The fourth-order valence-corrected chi connectivity index (χ4v) is 1.59. The first-order valence-corrected chi connectivity index (χ1v) is 4.68. The van der Waals surface area contributed by atoms with E-state index in [-0.39, 0.29) is 5.54 Å². The smallest absolute Gasteiger partial charge is 0.0616 e. The molecule has 12 heavy (non-hydrogen) atoms. The molecule has 1 aliphatic rings. The minimum atomic E-state index is -0.173. The predicted octanol–water partition coefficient (Wildman–Crippen LogP) is 0.478. The molecule has 0 aromatic rings. The van der Waals surface area contributed by atoms with Gasteiger partial charge in [-0.15, -0.1) is 0 Å². The summed E-state index contributed by atoms with van der Waals surface area (Å²) in [7, 11) is 0. The first-order chi connectivity index (χ1) is 5.57. The second kappa shape index (κ2) is 3.73. The predicted molar refractivity (Wildman–Crippen MR) is 49.8 cm³/mol. The van der Waals surface area contributed by atoms with E-state index in [2.05, 4.69) is 13.8 Å². The molecule has 0 aromatic carbocycles. The topological polar surface area (TPSA) is 61.3 Å². The zero-order chi connectivity index (χ0) is 9.19. The van der Waals surface area contributed by atoms with Crippen molar-refractivity contribution in [2.45, 2.75) is 38.3 Å². The van der Waals surface area contributed by atoms with Crippen LogP contribution in [0.4, 0.5) is 0 Å². The van der Waals surface area contributed by atoms with Crippen molar-refractivity contribution in [2.24, 2.45) is 17.4 Å². The van der Waals surface area contributed by atoms with Gasteiger partial charge in [0.1, 0.15) is 0 Å². The molecule has 72 valence electrons. The van der Waals surface area contributed by atoms with Crippen LogP contribution in [0.15, 0.2) is 0 Å². The van der Waals surface area contributed by atoms with E-state index in [1.54, 1.807) is 0 Å². The quantitative estimate of drug-likeness (QED) is 0.637. The largest absolute Gasteiger partial charge is 0.378 e. The van der Waals surface area contributed by atoms with Crippen molar-refractivity contribution in [3.05, 3.63) is 0 Å². The zero-order valence-electron chi connectivity index (χ0n) is 8.05. The Morgan fingerprint density at radius 3 is 2.75 bits per heavy atom. The lowest BCUT2D eigenvalue weighted by Gasteiger charge is -2.38. The molecule has 1 fully saturated rings. The molecule has 0 aromatic heterocycles. The molecule has 1 aliphatic heterocycles. The molecule has 0 aliphatic carbocycles. The van der Waals surface area contributed by atoms with Crippen LogP contribution < -0.4 is 11.5 Å². The molecule has 4 N–H and O–H groups in total. The summed E-state index contributed by atoms with van der Waals surface area (Å²) in [5.74, 6) is 0.541. The van der Waals surface area contributed by atoms with Crippen LogP contribution in [0.2, 0.25) is 0 Å². The molecule has 1 heterocycles. The van der Waals surface area contributed by atoms with E-state index in [9.17, 15) is 0 Å². The maximum Gasteiger partial charge on any atom is 0.0616 e. The number of ether oxygens (including phenoxy) is 1. The van der Waals surface area contributed by atoms with Gasteiger partial charge in [0.2, 0.25) is 0 Å². The minimum absolute atomic E-state index is 0.173. The van der Waals surface area contributed by atoms with Crippen LogP contribution >= 0.6 is 0 Å². The Morgan fingerprint density at radius 2 is 2.25 bits per heavy atom. The molecule has 0 amide bonds. The van der Waals surface area contributed by atoms with Gasteiger partial charge in [-0.1, -0.05) is 13.8 Å². The Kier molecular flexibility index (Phi) is 3.09. The molecule has 0 radical (unpaired) electrons. The molecule has 3 heteroatoms. The SMILES string of the molecule is CC(C)C1CC(N)(CN)CCO1. The normalized spacial score (nSPS) is 37.2. The third kappa shape index (κ3) is 2.19. The van der Waals surface area contributed by atoms with E-state index >= 15 is 0 Å². The van der Waals surface area contributed by atoms with Crippen molar-refractivity contribution in [1.82, 2.24) is 0 Å². The van der Waals surface area contributed by atoms with Gasteiger partial charge in [-0.3, -0.25) is 0 Å². The minimum Gasteiger partial charge on any atom is -0.378 e. The molecule has 3 nitrogen and oxygen atoms in total. The van der Waals surface area contributed by atoms with Crippen LogP contribution in [-0.4, -0.2) is 24.8 Å². The molecule has 0 saturated carbocycles. The zero-order valence-corrected chi connectivity index (χ0v) is 8.05. The highest BCUT2D eigenvalue weighted by atomic mass is 16.5. The maximum absolute atomic E-state index is 6.08. The van der Waals surface area contributed by atoms with Gasteiger partial charge >= 0.3 is 0 Å². The lowest BCUT2D eigenvalue weighted by molar-refractivity contribution is -0.0403. The summed E-state index contributed by atoms with van der Waals surface area (Å²) in [6, 6.07) is 0. The number of hydrogen-bond acceptors (Lipinski definition) is 3. The van der Waals surface area contributed by atoms with E-state index < -0.39 is 0 Å². The van der Waals surface area contributed by atoms with Gasteiger partial charge in [-0.25, -0.2) is 0 Å². The van der Waals surface area contributed by atoms with Crippen LogP contribution in [-0.2, 0) is 4.74 Å². The van der Waals surface area contributed by atoms with E-state index in [4.69, 9.17) is 16.2 Å². The van der Waals surface area contributed by atoms with Crippen molar-refractivity contribution >= 4 is 0 Å². The monoisotopic (exact) mass is 172 g/mol. The van der Waals surface area contributed by atoms with Gasteiger partial charge in [0.05, 0.1) is 6.10 Å². The molecule has 0 spiro atoms. The molecule has 2 atom stereocenters. The van der Waals surface area contributed by atoms with E-state index in [0.29, 0.717) is 18.6 Å². The van der Waals surface area contributed by atoms with E-state index in [1.807, 2.05) is 0 Å². The maximum atomic E-state index is 6.08. The van der Waals surface area contributed by atoms with Crippen molar-refractivity contribution in [1.29, 1.82) is 0 Å². The lowest BCUT2D eigenvalue weighted by Crippen LogP contribution is -2.54. The molecular weight excluding hydrogens is 152 g/mol. The fourth-order valence-electron chi connectivity index (χ4n) is 1.59. The van der Waals surface area contributed by atoms with E-state index in [0.717, 1.165) is 19.4 Å². The van der Waals surface area contributed by atoms with Gasteiger partial charge in [0, 0.05) is 18.7 Å². The van der Waals surface area contributed by atoms with Gasteiger partial charge < -0.3 is 16.2 Å². The number of nitrogens with two attached hydrogens (primary N) is 2. The summed E-state index contributed by atoms with van der Waals surface area (Å²) in [4.78, 5) is 0. The molecule has 1 rings (SSSR count). The van der Waals surface area contributed by atoms with Crippen molar-refractivity contribution < 1.29 is 4.74 Å². The third-order valence-electron chi connectivity index (χ3n) is 2.69. The molecule has 0 bridgehead atoms. The summed E-state index contributed by atoms with van der Waals surface area (Å²) in [5.41, 5.74) is 11.5. The third-order valence-corrected chi connectivity index (χ3v) is 2.69. The van der Waals surface area contributed by atoms with Gasteiger partial charge in [-0.05, 0) is 18.8 Å². The fraction of sp³-hybridized carbons (Fsp3) is 1.00. The van der Waals surface area contributed by atoms with Crippen LogP contribution in [0, 0.1) is 5.92 Å². The summed E-state index contributed by atoms with van der Waals surface area (Å²) >= 11 is 0. The van der Waals surface area contributed by atoms with Crippen molar-refractivity contribution in [3.63, 3.8) is 0 Å². The number of hydrogen-bond donors (Lipinski definition) is 2. The molecule has 2 unspecified atom stereocenters. The second-order valence-corrected chi connectivity index (χ2v) is 4.17. The second-order valence-electron chi connectivity index (χ2n) is 4.17. The molecule has 1 saturated heterocycles. The molecular formula is C9H20N2O. The summed E-state index contributed by atoms with van der Waals surface area (Å²) in [6.45, 7) is 5.65. The highest BCUT2D eigenvalue weighted by molar-refractivity contribution is 4.91. The highest BCUT2D eigenvalue weighted by Gasteiger charge is 2.33. The Bertz CT molecular complexity index is 149. The Labute approximate surface area is 74.4 Å². The van der Waals surface area contributed by atoms with Crippen LogP contribution in [0.25, 0.3) is 0 Å². The average molecular weight is 172 g/mol. The van der Waals surface area contributed by atoms with Crippen LogP contribution in [0.5, 0.6) is 0 Å². The Morgan fingerprint density at radius 1 is 1.58 bits per heavy atom.